The van der Waals surface area contributed by atoms with Crippen LogP contribution >= 0.6 is 0 Å². The topological polar surface area (TPSA) is 151 Å². The fourth-order valence-corrected chi connectivity index (χ4v) is 9.83. The van der Waals surface area contributed by atoms with Gasteiger partial charge in [-0.25, -0.2) is 9.18 Å². The van der Waals surface area contributed by atoms with Crippen LogP contribution in [0.2, 0.25) is 0 Å². The van der Waals surface area contributed by atoms with Crippen molar-refractivity contribution in [3.63, 3.8) is 0 Å². The molecule has 3 aromatic heterocycles. The van der Waals surface area contributed by atoms with Crippen LogP contribution in [0.3, 0.4) is 0 Å². The van der Waals surface area contributed by atoms with Gasteiger partial charge in [0.25, 0.3) is 5.91 Å². The zero-order valence-electron chi connectivity index (χ0n) is 37.8. The summed E-state index contributed by atoms with van der Waals surface area (Å²) in [6, 6.07) is 18.5. The molecule has 66 heavy (non-hydrogen) atoms. The lowest BCUT2D eigenvalue weighted by atomic mass is 9.93. The Labute approximate surface area is 382 Å². The number of carbonyl (C=O) groups excluding carboxylic acids is 4. The van der Waals surface area contributed by atoms with E-state index < -0.39 is 17.8 Å². The van der Waals surface area contributed by atoms with Crippen molar-refractivity contribution in [3.8, 4) is 11.1 Å². The van der Waals surface area contributed by atoms with E-state index in [1.54, 1.807) is 45.4 Å². The molecule has 6 heterocycles. The molecule has 0 radical (unpaired) electrons. The molecule has 15 nitrogen and oxygen atoms in total. The summed E-state index contributed by atoms with van der Waals surface area (Å²) < 4.78 is 27.9. The number of halogens is 1. The lowest BCUT2D eigenvalue weighted by molar-refractivity contribution is -0.136. The van der Waals surface area contributed by atoms with Crippen molar-refractivity contribution in [2.24, 2.45) is 7.05 Å². The van der Waals surface area contributed by atoms with E-state index in [4.69, 9.17) is 4.42 Å². The molecule has 6 aromatic rings. The van der Waals surface area contributed by atoms with Crippen LogP contribution in [0.5, 0.6) is 0 Å². The number of hydrogen-bond donors (Lipinski definition) is 1. The van der Waals surface area contributed by atoms with Gasteiger partial charge in [0.2, 0.25) is 17.7 Å². The number of imide groups is 1. The van der Waals surface area contributed by atoms with Gasteiger partial charge in [0, 0.05) is 115 Å². The number of furan rings is 1. The monoisotopic (exact) mass is 897 g/mol. The van der Waals surface area contributed by atoms with Gasteiger partial charge in [-0.3, -0.25) is 43.2 Å². The molecule has 1 unspecified atom stereocenters. The first-order valence-electron chi connectivity index (χ1n) is 23.1. The van der Waals surface area contributed by atoms with Crippen molar-refractivity contribution in [1.29, 1.82) is 0 Å². The predicted octanol–water partition coefficient (Wildman–Crippen LogP) is 6.01. The summed E-state index contributed by atoms with van der Waals surface area (Å²) in [5.41, 5.74) is 6.28. The number of benzene rings is 3. The molecule has 1 N–H and O–H groups in total. The van der Waals surface area contributed by atoms with Gasteiger partial charge >= 0.3 is 5.69 Å². The first kappa shape index (κ1) is 44.4. The van der Waals surface area contributed by atoms with Crippen LogP contribution in [0.15, 0.2) is 88.3 Å². The summed E-state index contributed by atoms with van der Waals surface area (Å²) in [5.74, 6) is -1.49. The number of carbonyl (C=O) groups is 4. The van der Waals surface area contributed by atoms with Crippen molar-refractivity contribution >= 4 is 56.9 Å². The molecule has 0 spiro atoms. The maximum Gasteiger partial charge on any atom is 0.329 e. The summed E-state index contributed by atoms with van der Waals surface area (Å²) in [6.45, 7) is 8.14. The first-order valence-corrected chi connectivity index (χ1v) is 23.1. The Balaban J connectivity index is 0.883. The maximum atomic E-state index is 16.7. The van der Waals surface area contributed by atoms with Gasteiger partial charge in [0.05, 0.1) is 16.4 Å². The number of piperidine rings is 1. The van der Waals surface area contributed by atoms with Gasteiger partial charge in [0.15, 0.2) is 5.76 Å². The number of para-hydroxylation sites is 1. The zero-order chi connectivity index (χ0) is 46.1. The molecule has 2 saturated heterocycles. The van der Waals surface area contributed by atoms with Crippen LogP contribution in [0.1, 0.15) is 73.2 Å². The van der Waals surface area contributed by atoms with E-state index in [2.05, 4.69) is 32.3 Å². The number of nitrogens with zero attached hydrogens (tertiary/aromatic N) is 8. The number of rotatable bonds is 14. The van der Waals surface area contributed by atoms with Gasteiger partial charge in [-0.1, -0.05) is 37.3 Å². The Morgan fingerprint density at radius 3 is 2.52 bits per heavy atom. The van der Waals surface area contributed by atoms with Crippen LogP contribution in [0.25, 0.3) is 38.7 Å². The van der Waals surface area contributed by atoms with E-state index >= 15 is 4.39 Å². The van der Waals surface area contributed by atoms with Crippen molar-refractivity contribution in [2.45, 2.75) is 64.5 Å². The fourth-order valence-electron chi connectivity index (χ4n) is 9.83. The molecule has 3 aromatic carbocycles. The number of anilines is 1. The molecule has 1 atom stereocenters. The average molecular weight is 898 g/mol. The molecule has 0 saturated carbocycles. The summed E-state index contributed by atoms with van der Waals surface area (Å²) in [7, 11) is 3.45. The average Bonchev–Trinajstić information content (AvgIpc) is 4.08. The Morgan fingerprint density at radius 2 is 1.77 bits per heavy atom. The summed E-state index contributed by atoms with van der Waals surface area (Å²) in [4.78, 5) is 72.8. The van der Waals surface area contributed by atoms with E-state index in [1.165, 1.54) is 10.6 Å². The molecule has 2 fully saturated rings. The highest BCUT2D eigenvalue weighted by Crippen LogP contribution is 2.39. The van der Waals surface area contributed by atoms with Gasteiger partial charge in [-0.05, 0) is 85.7 Å². The Kier molecular flexibility index (Phi) is 12.8. The minimum absolute atomic E-state index is 0.0205. The van der Waals surface area contributed by atoms with Crippen molar-refractivity contribution in [3.05, 3.63) is 112 Å². The standard InChI is InChI=1S/C50H56FN9O6/c1-4-21-54(2)49(64)42-31-39-45(51)37(35-11-7-23-58(32-35)44(62)19-25-59-24-8-20-52-59)30-38(47(39)66-42)33-13-15-36(16-14-33)57-28-26-56(27-29-57)22-6-10-34-9-5-12-40-46(34)55(3)50(65)60(40)41-17-18-43(61)53-48(41)63/h5,8-9,11-16,20,24,30-31,41H,4,6-7,10,17-19,21-23,25-29,32H2,1-3H3,(H,53,61,63). The molecule has 9 rings (SSSR count). The second-order valence-electron chi connectivity index (χ2n) is 17.7. The molecule has 3 aliphatic heterocycles. The van der Waals surface area contributed by atoms with Crippen molar-refractivity contribution in [1.82, 2.24) is 38.9 Å². The van der Waals surface area contributed by atoms with Crippen LogP contribution in [-0.2, 0) is 34.4 Å². The van der Waals surface area contributed by atoms with Crippen LogP contribution in [-0.4, -0.2) is 117 Å². The Morgan fingerprint density at radius 1 is 0.970 bits per heavy atom. The number of piperazine rings is 1. The molecule has 0 bridgehead atoms. The van der Waals surface area contributed by atoms with Crippen LogP contribution in [0, 0.1) is 5.82 Å². The normalized spacial score (nSPS) is 17.2. The number of imidazole rings is 1. The maximum absolute atomic E-state index is 16.7. The van der Waals surface area contributed by atoms with E-state index in [1.807, 2.05) is 55.6 Å². The molecule has 0 aliphatic carbocycles. The third-order valence-electron chi connectivity index (χ3n) is 13.4. The number of nitrogens with one attached hydrogen (secondary N) is 1. The lowest BCUT2D eigenvalue weighted by Gasteiger charge is -2.36. The lowest BCUT2D eigenvalue weighted by Crippen LogP contribution is -2.46. The van der Waals surface area contributed by atoms with Gasteiger partial charge in [-0.15, -0.1) is 0 Å². The van der Waals surface area contributed by atoms with E-state index in [0.717, 1.165) is 74.3 Å². The molecular weight excluding hydrogens is 842 g/mol. The minimum Gasteiger partial charge on any atom is -0.450 e. The van der Waals surface area contributed by atoms with E-state index in [9.17, 15) is 24.0 Å². The SMILES string of the molecule is CCCN(C)C(=O)c1cc2c(F)c(C3=CCCN(C(=O)CCn4cccn4)C3)cc(-c3ccc(N4CCN(CCCc5cccc6c5n(C)c(=O)n6C5CCC(=O)NC5=O)CC4)cc3)c2o1. The summed E-state index contributed by atoms with van der Waals surface area (Å²) in [5, 5.41) is 6.82. The Bertz CT molecular complexity index is 2890. The third kappa shape index (κ3) is 8.81. The van der Waals surface area contributed by atoms with Gasteiger partial charge in [0.1, 0.15) is 17.4 Å². The predicted molar refractivity (Wildman–Crippen MR) is 250 cm³/mol. The third-order valence-corrected chi connectivity index (χ3v) is 13.4. The Hall–Kier alpha value is -6.81. The largest absolute Gasteiger partial charge is 0.450 e. The number of amides is 4. The zero-order valence-corrected chi connectivity index (χ0v) is 37.8. The van der Waals surface area contributed by atoms with E-state index in [0.29, 0.717) is 60.3 Å². The summed E-state index contributed by atoms with van der Waals surface area (Å²) >= 11 is 0. The van der Waals surface area contributed by atoms with Crippen LogP contribution < -0.4 is 15.9 Å². The molecule has 16 heteroatoms. The minimum atomic E-state index is -0.716. The summed E-state index contributed by atoms with van der Waals surface area (Å²) in [6.07, 6.45) is 9.33. The number of hydrogen-bond acceptors (Lipinski definition) is 9. The quantitative estimate of drug-likeness (QED) is 0.130. The highest BCUT2D eigenvalue weighted by molar-refractivity contribution is 6.02. The first-order chi connectivity index (χ1) is 32.0. The molecular formula is C50H56FN9O6. The molecule has 4 amide bonds. The molecule has 344 valence electrons. The fraction of sp³-hybridized carbons (Fsp3) is 0.400. The smallest absolute Gasteiger partial charge is 0.329 e. The van der Waals surface area contributed by atoms with Gasteiger partial charge in [-0.2, -0.15) is 5.10 Å². The van der Waals surface area contributed by atoms with Crippen molar-refractivity contribution in [2.75, 3.05) is 64.3 Å². The van der Waals surface area contributed by atoms with Gasteiger partial charge < -0.3 is 19.1 Å². The number of aryl methyl sites for hydroxylation is 3. The second kappa shape index (κ2) is 19.0. The van der Waals surface area contributed by atoms with Crippen LogP contribution in [0.4, 0.5) is 10.1 Å². The number of fused-ring (bicyclic) bond motifs is 2. The highest BCUT2D eigenvalue weighted by Gasteiger charge is 2.32. The number of aromatic nitrogens is 4. The second-order valence-corrected chi connectivity index (χ2v) is 17.7. The highest BCUT2D eigenvalue weighted by atomic mass is 19.1. The van der Waals surface area contributed by atoms with Crippen molar-refractivity contribution < 1.29 is 28.0 Å². The molecule has 3 aliphatic rings. The van der Waals surface area contributed by atoms with E-state index in [-0.39, 0.29) is 53.9 Å².